The summed E-state index contributed by atoms with van der Waals surface area (Å²) in [6.45, 7) is 0.359. The summed E-state index contributed by atoms with van der Waals surface area (Å²) in [4.78, 5) is 1.06. The van der Waals surface area contributed by atoms with Crippen LogP contribution < -0.4 is 10.5 Å². The van der Waals surface area contributed by atoms with Crippen LogP contribution in [0.3, 0.4) is 0 Å². The van der Waals surface area contributed by atoms with E-state index in [-0.39, 0.29) is 0 Å². The first-order valence-electron chi connectivity index (χ1n) is 5.79. The highest BCUT2D eigenvalue weighted by molar-refractivity contribution is 7.13. The van der Waals surface area contributed by atoms with Gasteiger partial charge in [-0.3, -0.25) is 0 Å². The van der Waals surface area contributed by atoms with Crippen LogP contribution in [0.25, 0.3) is 10.6 Å². The molecule has 0 saturated heterocycles. The smallest absolute Gasteiger partial charge is 0.177 e. The van der Waals surface area contributed by atoms with Gasteiger partial charge in [0.15, 0.2) is 5.76 Å². The van der Waals surface area contributed by atoms with E-state index in [4.69, 9.17) is 15.0 Å². The van der Waals surface area contributed by atoms with Gasteiger partial charge in [0.05, 0.1) is 4.88 Å². The molecule has 4 nitrogen and oxygen atoms in total. The molecule has 2 N–H and O–H groups in total. The molecule has 2 heterocycles. The lowest BCUT2D eigenvalue weighted by Gasteiger charge is -2.03. The highest BCUT2D eigenvalue weighted by Gasteiger charge is 2.08. The molecule has 0 radical (unpaired) electrons. The summed E-state index contributed by atoms with van der Waals surface area (Å²) < 4.78 is 10.9. The van der Waals surface area contributed by atoms with Crippen molar-refractivity contribution in [3.63, 3.8) is 0 Å². The average molecular weight is 272 g/mol. The molecule has 19 heavy (non-hydrogen) atoms. The van der Waals surface area contributed by atoms with Crippen LogP contribution in [0.5, 0.6) is 5.75 Å². The van der Waals surface area contributed by atoms with Gasteiger partial charge in [0.25, 0.3) is 0 Å². The molecule has 0 fully saturated rings. The van der Waals surface area contributed by atoms with Crippen molar-refractivity contribution in [2.24, 2.45) is 0 Å². The van der Waals surface area contributed by atoms with Gasteiger partial charge in [-0.05, 0) is 23.6 Å². The van der Waals surface area contributed by atoms with Crippen LogP contribution in [-0.2, 0) is 6.61 Å². The lowest BCUT2D eigenvalue weighted by molar-refractivity contribution is 0.290. The van der Waals surface area contributed by atoms with Crippen molar-refractivity contribution in [1.29, 1.82) is 0 Å². The predicted octanol–water partition coefficient (Wildman–Crippen LogP) is 3.56. The van der Waals surface area contributed by atoms with Gasteiger partial charge in [0.2, 0.25) is 0 Å². The zero-order valence-electron chi connectivity index (χ0n) is 10.1. The van der Waals surface area contributed by atoms with Crippen molar-refractivity contribution in [2.45, 2.75) is 6.61 Å². The first-order valence-corrected chi connectivity index (χ1v) is 6.67. The van der Waals surface area contributed by atoms with Crippen LogP contribution >= 0.6 is 11.3 Å². The minimum absolute atomic E-state index is 0.359. The zero-order valence-corrected chi connectivity index (χ0v) is 10.9. The lowest BCUT2D eigenvalue weighted by atomic mass is 10.3. The van der Waals surface area contributed by atoms with Crippen LogP contribution in [0, 0.1) is 0 Å². The van der Waals surface area contributed by atoms with Crippen LogP contribution in [0.2, 0.25) is 0 Å². The Morgan fingerprint density at radius 1 is 1.21 bits per heavy atom. The number of benzene rings is 1. The maximum atomic E-state index is 5.68. The summed E-state index contributed by atoms with van der Waals surface area (Å²) in [6.07, 6.45) is 0. The summed E-state index contributed by atoms with van der Waals surface area (Å²) in [5.74, 6) is 1.49. The van der Waals surface area contributed by atoms with E-state index in [1.807, 2.05) is 41.8 Å². The number of hydrogen-bond acceptors (Lipinski definition) is 5. The Kier molecular flexibility index (Phi) is 3.20. The Morgan fingerprint density at radius 2 is 2.16 bits per heavy atom. The quantitative estimate of drug-likeness (QED) is 0.738. The van der Waals surface area contributed by atoms with Crippen molar-refractivity contribution in [1.82, 2.24) is 5.16 Å². The molecule has 0 aliphatic heterocycles. The predicted molar refractivity (Wildman–Crippen MR) is 75.0 cm³/mol. The van der Waals surface area contributed by atoms with Gasteiger partial charge in [0, 0.05) is 17.8 Å². The molecular formula is C14H12N2O2S. The third kappa shape index (κ3) is 2.77. The fourth-order valence-corrected chi connectivity index (χ4v) is 2.35. The molecule has 0 bridgehead atoms. The molecule has 0 aliphatic rings. The Labute approximate surface area is 114 Å². The van der Waals surface area contributed by atoms with Gasteiger partial charge in [0.1, 0.15) is 18.1 Å². The standard InChI is InChI=1S/C14H12N2O2S/c15-10-3-1-4-12(7-10)17-9-11-8-13(18-16-11)14-5-2-6-19-14/h1-8H,9,15H2. The third-order valence-electron chi connectivity index (χ3n) is 2.57. The molecule has 0 unspecified atom stereocenters. The molecule has 1 aromatic carbocycles. The second-order valence-electron chi connectivity index (χ2n) is 4.02. The summed E-state index contributed by atoms with van der Waals surface area (Å²) >= 11 is 1.61. The number of nitrogens with zero attached hydrogens (tertiary/aromatic N) is 1. The molecule has 5 heteroatoms. The van der Waals surface area contributed by atoms with E-state index < -0.39 is 0 Å². The zero-order chi connectivity index (χ0) is 13.1. The van der Waals surface area contributed by atoms with E-state index in [0.717, 1.165) is 22.1 Å². The van der Waals surface area contributed by atoms with Crippen LogP contribution in [0.4, 0.5) is 5.69 Å². The first-order chi connectivity index (χ1) is 9.31. The van der Waals surface area contributed by atoms with Gasteiger partial charge in [-0.15, -0.1) is 11.3 Å². The first kappa shape index (κ1) is 11.8. The lowest BCUT2D eigenvalue weighted by Crippen LogP contribution is -1.96. The van der Waals surface area contributed by atoms with E-state index >= 15 is 0 Å². The van der Waals surface area contributed by atoms with Gasteiger partial charge >= 0.3 is 0 Å². The minimum atomic E-state index is 0.359. The number of anilines is 1. The fourth-order valence-electron chi connectivity index (χ4n) is 1.68. The van der Waals surface area contributed by atoms with Crippen molar-refractivity contribution >= 4 is 17.0 Å². The number of hydrogen-bond donors (Lipinski definition) is 1. The van der Waals surface area contributed by atoms with Crippen molar-refractivity contribution in [2.75, 3.05) is 5.73 Å². The molecule has 3 rings (SSSR count). The largest absolute Gasteiger partial charge is 0.487 e. The summed E-state index contributed by atoms with van der Waals surface area (Å²) in [7, 11) is 0. The molecular weight excluding hydrogens is 260 g/mol. The Hall–Kier alpha value is -2.27. The van der Waals surface area contributed by atoms with Crippen LogP contribution in [0.1, 0.15) is 5.69 Å². The van der Waals surface area contributed by atoms with E-state index in [0.29, 0.717) is 12.3 Å². The highest BCUT2D eigenvalue weighted by Crippen LogP contribution is 2.25. The van der Waals surface area contributed by atoms with E-state index in [2.05, 4.69) is 5.16 Å². The molecule has 0 saturated carbocycles. The second kappa shape index (κ2) is 5.16. The molecule has 0 atom stereocenters. The molecule has 0 amide bonds. The summed E-state index contributed by atoms with van der Waals surface area (Å²) in [5.41, 5.74) is 7.12. The van der Waals surface area contributed by atoms with Gasteiger partial charge in [-0.2, -0.15) is 0 Å². The monoisotopic (exact) mass is 272 g/mol. The Bertz CT molecular complexity index is 662. The van der Waals surface area contributed by atoms with E-state index in [1.165, 1.54) is 0 Å². The second-order valence-corrected chi connectivity index (χ2v) is 4.97. The topological polar surface area (TPSA) is 61.3 Å². The van der Waals surface area contributed by atoms with Crippen LogP contribution in [0.15, 0.2) is 52.4 Å². The average Bonchev–Trinajstić information content (AvgIpc) is 3.07. The number of rotatable bonds is 4. The SMILES string of the molecule is Nc1cccc(OCc2cc(-c3cccs3)on2)c1. The number of ether oxygens (including phenoxy) is 1. The van der Waals surface area contributed by atoms with Crippen LogP contribution in [-0.4, -0.2) is 5.16 Å². The number of nitrogens with two attached hydrogens (primary N) is 1. The maximum Gasteiger partial charge on any atom is 0.177 e. The van der Waals surface area contributed by atoms with Crippen molar-refractivity contribution < 1.29 is 9.26 Å². The van der Waals surface area contributed by atoms with Gasteiger partial charge in [-0.25, -0.2) is 0 Å². The van der Waals surface area contributed by atoms with E-state index in [1.54, 1.807) is 17.4 Å². The third-order valence-corrected chi connectivity index (χ3v) is 3.45. The number of thiophene rings is 1. The molecule has 96 valence electrons. The van der Waals surface area contributed by atoms with E-state index in [9.17, 15) is 0 Å². The summed E-state index contributed by atoms with van der Waals surface area (Å²) in [6, 6.07) is 13.2. The van der Waals surface area contributed by atoms with Crippen molar-refractivity contribution in [3.8, 4) is 16.4 Å². The normalized spacial score (nSPS) is 10.5. The Morgan fingerprint density at radius 3 is 2.95 bits per heavy atom. The minimum Gasteiger partial charge on any atom is -0.487 e. The maximum absolute atomic E-state index is 5.68. The van der Waals surface area contributed by atoms with Gasteiger partial charge in [-0.1, -0.05) is 17.3 Å². The number of nitrogen functional groups attached to an aromatic ring is 1. The molecule has 0 spiro atoms. The molecule has 3 aromatic rings. The molecule has 0 aliphatic carbocycles. The highest BCUT2D eigenvalue weighted by atomic mass is 32.1. The van der Waals surface area contributed by atoms with Crippen molar-refractivity contribution in [3.05, 3.63) is 53.5 Å². The summed E-state index contributed by atoms with van der Waals surface area (Å²) in [5, 5.41) is 5.99. The number of aromatic nitrogens is 1. The Balaban J connectivity index is 1.68. The molecule has 2 aromatic heterocycles. The van der Waals surface area contributed by atoms with Gasteiger partial charge < -0.3 is 15.0 Å². The fraction of sp³-hybridized carbons (Fsp3) is 0.0714.